The first-order chi connectivity index (χ1) is 6.72. The molecule has 0 aliphatic heterocycles. The van der Waals surface area contributed by atoms with Crippen molar-refractivity contribution >= 4 is 44.0 Å². The van der Waals surface area contributed by atoms with Gasteiger partial charge < -0.3 is 5.11 Å². The van der Waals surface area contributed by atoms with E-state index >= 15 is 0 Å². The fourth-order valence-electron chi connectivity index (χ4n) is 1.28. The van der Waals surface area contributed by atoms with Crippen LogP contribution in [0.5, 0.6) is 5.75 Å². The zero-order chi connectivity index (χ0) is 10.1. The van der Waals surface area contributed by atoms with Gasteiger partial charge in [0.05, 0.1) is 20.8 Å². The predicted octanol–water partition coefficient (Wildman–Crippen LogP) is 3.28. The SMILES string of the molecule is N#CCc1cc2ccc(I)c(O)c2s1. The van der Waals surface area contributed by atoms with Crippen LogP contribution in [0.4, 0.5) is 0 Å². The maximum Gasteiger partial charge on any atom is 0.146 e. The van der Waals surface area contributed by atoms with Crippen LogP contribution in [0.2, 0.25) is 0 Å². The predicted molar refractivity (Wildman–Crippen MR) is 65.5 cm³/mol. The van der Waals surface area contributed by atoms with Crippen molar-refractivity contribution < 1.29 is 5.11 Å². The molecule has 2 nitrogen and oxygen atoms in total. The van der Waals surface area contributed by atoms with Gasteiger partial charge in [0, 0.05) is 4.88 Å². The highest BCUT2D eigenvalue weighted by atomic mass is 127. The maximum atomic E-state index is 9.76. The lowest BCUT2D eigenvalue weighted by Crippen LogP contribution is -1.71. The van der Waals surface area contributed by atoms with Crippen molar-refractivity contribution in [3.63, 3.8) is 0 Å². The number of thiophene rings is 1. The van der Waals surface area contributed by atoms with Crippen molar-refractivity contribution in [2.75, 3.05) is 0 Å². The number of hydrogen-bond donors (Lipinski definition) is 1. The van der Waals surface area contributed by atoms with Crippen molar-refractivity contribution in [3.05, 3.63) is 26.6 Å². The first-order valence-electron chi connectivity index (χ1n) is 3.99. The van der Waals surface area contributed by atoms with E-state index in [4.69, 9.17) is 5.26 Å². The molecule has 0 fully saturated rings. The molecule has 0 unspecified atom stereocenters. The summed E-state index contributed by atoms with van der Waals surface area (Å²) >= 11 is 3.58. The Bertz CT molecular complexity index is 527. The van der Waals surface area contributed by atoms with E-state index in [9.17, 15) is 5.11 Å². The van der Waals surface area contributed by atoms with Gasteiger partial charge in [0.2, 0.25) is 0 Å². The van der Waals surface area contributed by atoms with Gasteiger partial charge in [0.25, 0.3) is 0 Å². The summed E-state index contributed by atoms with van der Waals surface area (Å²) < 4.78 is 1.72. The molecule has 4 heteroatoms. The van der Waals surface area contributed by atoms with Crippen LogP contribution in [0.25, 0.3) is 10.1 Å². The van der Waals surface area contributed by atoms with E-state index in [1.54, 1.807) is 0 Å². The molecule has 70 valence electrons. The summed E-state index contributed by atoms with van der Waals surface area (Å²) in [6.45, 7) is 0. The molecule has 2 aromatic rings. The molecule has 0 saturated carbocycles. The third kappa shape index (κ3) is 1.57. The Morgan fingerprint density at radius 3 is 3.00 bits per heavy atom. The summed E-state index contributed by atoms with van der Waals surface area (Å²) in [4.78, 5) is 1.000. The molecule has 0 radical (unpaired) electrons. The van der Waals surface area contributed by atoms with Gasteiger partial charge in [0.1, 0.15) is 5.75 Å². The highest BCUT2D eigenvalue weighted by Crippen LogP contribution is 2.36. The number of rotatable bonds is 1. The first kappa shape index (κ1) is 9.74. The number of benzene rings is 1. The van der Waals surface area contributed by atoms with Crippen LogP contribution in [0.1, 0.15) is 4.88 Å². The first-order valence-corrected chi connectivity index (χ1v) is 5.88. The number of fused-ring (bicyclic) bond motifs is 1. The minimum absolute atomic E-state index is 0.331. The lowest BCUT2D eigenvalue weighted by molar-refractivity contribution is 0.479. The number of phenols is 1. The Morgan fingerprint density at radius 2 is 2.29 bits per heavy atom. The van der Waals surface area contributed by atoms with Gasteiger partial charge in [-0.3, -0.25) is 0 Å². The lowest BCUT2D eigenvalue weighted by atomic mass is 10.2. The highest BCUT2D eigenvalue weighted by molar-refractivity contribution is 14.1. The third-order valence-electron chi connectivity index (χ3n) is 1.92. The number of phenolic OH excluding ortho intramolecular Hbond substituents is 1. The van der Waals surface area contributed by atoms with Crippen LogP contribution in [-0.2, 0) is 6.42 Å². The molecule has 0 spiro atoms. The fraction of sp³-hybridized carbons (Fsp3) is 0.100. The van der Waals surface area contributed by atoms with Crippen molar-refractivity contribution in [2.24, 2.45) is 0 Å². The monoisotopic (exact) mass is 315 g/mol. The summed E-state index contributed by atoms with van der Waals surface area (Å²) in [5, 5.41) is 19.3. The average Bonchev–Trinajstić information content (AvgIpc) is 2.56. The van der Waals surface area contributed by atoms with Crippen LogP contribution in [-0.4, -0.2) is 5.11 Å². The number of nitrogens with zero attached hydrogens (tertiary/aromatic N) is 1. The molecule has 1 aromatic heterocycles. The molecule has 0 amide bonds. The smallest absolute Gasteiger partial charge is 0.146 e. The Kier molecular flexibility index (Phi) is 2.61. The number of aromatic hydroxyl groups is 1. The number of hydrogen-bond acceptors (Lipinski definition) is 3. The third-order valence-corrected chi connectivity index (χ3v) is 3.94. The van der Waals surface area contributed by atoms with Crippen molar-refractivity contribution in [1.82, 2.24) is 0 Å². The summed E-state index contributed by atoms with van der Waals surface area (Å²) in [5.74, 6) is 0.331. The standard InChI is InChI=1S/C10H6INOS/c11-8-2-1-6-5-7(3-4-12)14-10(6)9(8)13/h1-2,5,13H,3H2. The Balaban J connectivity index is 2.66. The molecule has 0 saturated heterocycles. The Morgan fingerprint density at radius 1 is 1.50 bits per heavy atom. The van der Waals surface area contributed by atoms with Gasteiger partial charge >= 0.3 is 0 Å². The van der Waals surface area contributed by atoms with E-state index in [1.165, 1.54) is 11.3 Å². The molecule has 0 bridgehead atoms. The normalized spacial score (nSPS) is 10.3. The summed E-state index contributed by atoms with van der Waals surface area (Å²) in [7, 11) is 0. The van der Waals surface area contributed by atoms with Crippen LogP contribution in [0.3, 0.4) is 0 Å². The van der Waals surface area contributed by atoms with Gasteiger partial charge in [-0.15, -0.1) is 11.3 Å². The van der Waals surface area contributed by atoms with Gasteiger partial charge in [-0.2, -0.15) is 5.26 Å². The average molecular weight is 315 g/mol. The second-order valence-corrected chi connectivity index (χ2v) is 5.16. The highest BCUT2D eigenvalue weighted by Gasteiger charge is 2.08. The maximum absolute atomic E-state index is 9.76. The second-order valence-electron chi connectivity index (χ2n) is 2.86. The zero-order valence-electron chi connectivity index (χ0n) is 7.12. The largest absolute Gasteiger partial charge is 0.505 e. The summed E-state index contributed by atoms with van der Waals surface area (Å²) in [5.41, 5.74) is 0. The molecular formula is C10H6INOS. The molecule has 2 rings (SSSR count). The summed E-state index contributed by atoms with van der Waals surface area (Å²) in [6, 6.07) is 7.91. The van der Waals surface area contributed by atoms with Gasteiger partial charge in [0.15, 0.2) is 0 Å². The van der Waals surface area contributed by atoms with Crippen LogP contribution >= 0.6 is 33.9 Å². The van der Waals surface area contributed by atoms with E-state index in [1.807, 2.05) is 18.2 Å². The molecule has 1 aromatic carbocycles. The molecule has 14 heavy (non-hydrogen) atoms. The van der Waals surface area contributed by atoms with Crippen molar-refractivity contribution in [1.29, 1.82) is 5.26 Å². The summed E-state index contributed by atoms with van der Waals surface area (Å²) in [6.07, 6.45) is 0.412. The fourth-order valence-corrected chi connectivity index (χ4v) is 2.95. The molecular weight excluding hydrogens is 309 g/mol. The van der Waals surface area contributed by atoms with Crippen LogP contribution in [0.15, 0.2) is 18.2 Å². The van der Waals surface area contributed by atoms with Crippen molar-refractivity contribution in [2.45, 2.75) is 6.42 Å². The van der Waals surface area contributed by atoms with E-state index in [2.05, 4.69) is 28.7 Å². The molecule has 1 N–H and O–H groups in total. The van der Waals surface area contributed by atoms with Gasteiger partial charge in [-0.25, -0.2) is 0 Å². The van der Waals surface area contributed by atoms with Crippen LogP contribution < -0.4 is 0 Å². The Hall–Kier alpha value is -0.800. The van der Waals surface area contributed by atoms with Gasteiger partial charge in [-0.05, 0) is 40.1 Å². The second kappa shape index (κ2) is 3.75. The molecule has 0 atom stereocenters. The molecule has 0 aliphatic rings. The van der Waals surface area contributed by atoms with Crippen LogP contribution in [0, 0.1) is 14.9 Å². The van der Waals surface area contributed by atoms with Crippen molar-refractivity contribution in [3.8, 4) is 11.8 Å². The van der Waals surface area contributed by atoms with E-state index in [-0.39, 0.29) is 0 Å². The van der Waals surface area contributed by atoms with E-state index in [0.29, 0.717) is 12.2 Å². The topological polar surface area (TPSA) is 44.0 Å². The zero-order valence-corrected chi connectivity index (χ0v) is 10.1. The molecule has 0 aliphatic carbocycles. The minimum Gasteiger partial charge on any atom is -0.505 e. The quantitative estimate of drug-likeness (QED) is 0.821. The van der Waals surface area contributed by atoms with E-state index < -0.39 is 0 Å². The number of halogens is 1. The van der Waals surface area contributed by atoms with Gasteiger partial charge in [-0.1, -0.05) is 6.07 Å². The lowest BCUT2D eigenvalue weighted by Gasteiger charge is -1.96. The molecule has 1 heterocycles. The van der Waals surface area contributed by atoms with E-state index in [0.717, 1.165) is 18.5 Å². The minimum atomic E-state index is 0.331. The number of nitriles is 1. The Labute approximate surface area is 98.9 Å².